The van der Waals surface area contributed by atoms with E-state index in [0.29, 0.717) is 0 Å². The SMILES string of the molecule is CC(=O)/C=C/c1cccc(-c2ccccc2C)c1. The molecule has 0 N–H and O–H groups in total. The van der Waals surface area contributed by atoms with Crippen LogP contribution in [0.1, 0.15) is 18.1 Å². The molecule has 1 heteroatoms. The van der Waals surface area contributed by atoms with E-state index in [0.717, 1.165) is 5.56 Å². The minimum Gasteiger partial charge on any atom is -0.295 e. The van der Waals surface area contributed by atoms with E-state index in [1.165, 1.54) is 16.7 Å². The predicted octanol–water partition coefficient (Wildman–Crippen LogP) is 4.26. The van der Waals surface area contributed by atoms with Crippen LogP contribution in [0.3, 0.4) is 0 Å². The van der Waals surface area contributed by atoms with Gasteiger partial charge in [-0.1, -0.05) is 48.5 Å². The summed E-state index contributed by atoms with van der Waals surface area (Å²) >= 11 is 0. The van der Waals surface area contributed by atoms with Crippen molar-refractivity contribution in [1.29, 1.82) is 0 Å². The van der Waals surface area contributed by atoms with Gasteiger partial charge in [0.25, 0.3) is 0 Å². The fourth-order valence-corrected chi connectivity index (χ4v) is 1.92. The average Bonchev–Trinajstić information content (AvgIpc) is 2.37. The first-order chi connectivity index (χ1) is 8.66. The molecule has 0 heterocycles. The van der Waals surface area contributed by atoms with Crippen LogP contribution in [0.4, 0.5) is 0 Å². The molecule has 0 saturated heterocycles. The van der Waals surface area contributed by atoms with Gasteiger partial charge in [-0.2, -0.15) is 0 Å². The predicted molar refractivity (Wildman–Crippen MR) is 76.3 cm³/mol. The highest BCUT2D eigenvalue weighted by molar-refractivity contribution is 5.91. The van der Waals surface area contributed by atoms with Crippen LogP contribution in [-0.2, 0) is 4.79 Å². The largest absolute Gasteiger partial charge is 0.295 e. The van der Waals surface area contributed by atoms with Crippen LogP contribution < -0.4 is 0 Å². The Labute approximate surface area is 108 Å². The highest BCUT2D eigenvalue weighted by Gasteiger charge is 2.00. The van der Waals surface area contributed by atoms with Crippen LogP contribution in [0.2, 0.25) is 0 Å². The van der Waals surface area contributed by atoms with Crippen LogP contribution in [0.15, 0.2) is 54.6 Å². The third kappa shape index (κ3) is 2.95. The molecule has 0 aliphatic heterocycles. The first-order valence-electron chi connectivity index (χ1n) is 6.01. The van der Waals surface area contributed by atoms with Crippen molar-refractivity contribution in [2.24, 2.45) is 0 Å². The van der Waals surface area contributed by atoms with Crippen molar-refractivity contribution in [2.45, 2.75) is 13.8 Å². The van der Waals surface area contributed by atoms with Gasteiger partial charge in [0.2, 0.25) is 0 Å². The number of carbonyl (C=O) groups excluding carboxylic acids is 1. The molecule has 0 saturated carbocycles. The fraction of sp³-hybridized carbons (Fsp3) is 0.118. The number of hydrogen-bond donors (Lipinski definition) is 0. The lowest BCUT2D eigenvalue weighted by Gasteiger charge is -2.06. The smallest absolute Gasteiger partial charge is 0.152 e. The molecule has 18 heavy (non-hydrogen) atoms. The number of ketones is 1. The van der Waals surface area contributed by atoms with Crippen molar-refractivity contribution >= 4 is 11.9 Å². The summed E-state index contributed by atoms with van der Waals surface area (Å²) in [4.78, 5) is 10.9. The number of benzene rings is 2. The fourth-order valence-electron chi connectivity index (χ4n) is 1.92. The lowest BCUT2D eigenvalue weighted by Crippen LogP contribution is -1.84. The summed E-state index contributed by atoms with van der Waals surface area (Å²) in [5.41, 5.74) is 4.71. The minimum absolute atomic E-state index is 0.0660. The van der Waals surface area contributed by atoms with Gasteiger partial charge in [-0.15, -0.1) is 0 Å². The topological polar surface area (TPSA) is 17.1 Å². The van der Waals surface area contributed by atoms with E-state index in [9.17, 15) is 4.79 Å². The summed E-state index contributed by atoms with van der Waals surface area (Å²) in [6.07, 6.45) is 3.45. The second-order valence-electron chi connectivity index (χ2n) is 4.38. The summed E-state index contributed by atoms with van der Waals surface area (Å²) < 4.78 is 0. The first kappa shape index (κ1) is 12.3. The summed E-state index contributed by atoms with van der Waals surface area (Å²) in [5.74, 6) is 0.0660. The van der Waals surface area contributed by atoms with Crippen molar-refractivity contribution in [3.8, 4) is 11.1 Å². The number of allylic oxidation sites excluding steroid dienone is 1. The second kappa shape index (κ2) is 5.46. The number of rotatable bonds is 3. The Morgan fingerprint density at radius 2 is 1.83 bits per heavy atom. The van der Waals surface area contributed by atoms with Crippen molar-refractivity contribution in [2.75, 3.05) is 0 Å². The van der Waals surface area contributed by atoms with E-state index in [2.05, 4.69) is 31.2 Å². The van der Waals surface area contributed by atoms with Crippen molar-refractivity contribution < 1.29 is 4.79 Å². The van der Waals surface area contributed by atoms with Crippen LogP contribution >= 0.6 is 0 Å². The zero-order valence-electron chi connectivity index (χ0n) is 10.7. The molecule has 0 fully saturated rings. The Balaban J connectivity index is 2.39. The molecule has 0 radical (unpaired) electrons. The van der Waals surface area contributed by atoms with Gasteiger partial charge in [0.15, 0.2) is 5.78 Å². The molecule has 2 rings (SSSR count). The highest BCUT2D eigenvalue weighted by Crippen LogP contribution is 2.24. The lowest BCUT2D eigenvalue weighted by molar-refractivity contribution is -0.112. The van der Waals surface area contributed by atoms with E-state index in [4.69, 9.17) is 0 Å². The molecular formula is C17H16O. The van der Waals surface area contributed by atoms with Gasteiger partial charge in [0.05, 0.1) is 0 Å². The van der Waals surface area contributed by atoms with Crippen LogP contribution in [0, 0.1) is 6.92 Å². The minimum atomic E-state index is 0.0660. The average molecular weight is 236 g/mol. The molecule has 0 aliphatic rings. The maximum Gasteiger partial charge on any atom is 0.152 e. The summed E-state index contributed by atoms with van der Waals surface area (Å²) in [6, 6.07) is 16.5. The normalized spacial score (nSPS) is 10.8. The van der Waals surface area contributed by atoms with Gasteiger partial charge in [0.1, 0.15) is 0 Å². The Hall–Kier alpha value is -2.15. The number of aryl methyl sites for hydroxylation is 1. The molecule has 2 aromatic rings. The third-order valence-corrected chi connectivity index (χ3v) is 2.85. The zero-order chi connectivity index (χ0) is 13.0. The summed E-state index contributed by atoms with van der Waals surface area (Å²) in [5, 5.41) is 0. The molecule has 0 aromatic heterocycles. The zero-order valence-corrected chi connectivity index (χ0v) is 10.7. The molecule has 0 amide bonds. The Bertz CT molecular complexity index is 594. The van der Waals surface area contributed by atoms with E-state index >= 15 is 0 Å². The Morgan fingerprint density at radius 3 is 2.56 bits per heavy atom. The Morgan fingerprint density at radius 1 is 1.06 bits per heavy atom. The van der Waals surface area contributed by atoms with Gasteiger partial charge in [-0.3, -0.25) is 4.79 Å². The standard InChI is InChI=1S/C17H16O/c1-13-6-3-4-9-17(13)16-8-5-7-15(12-16)11-10-14(2)18/h3-12H,1-2H3/b11-10+. The monoisotopic (exact) mass is 236 g/mol. The maximum atomic E-state index is 10.9. The van der Waals surface area contributed by atoms with E-state index in [1.807, 2.05) is 30.3 Å². The summed E-state index contributed by atoms with van der Waals surface area (Å²) in [7, 11) is 0. The highest BCUT2D eigenvalue weighted by atomic mass is 16.1. The van der Waals surface area contributed by atoms with E-state index in [-0.39, 0.29) is 5.78 Å². The van der Waals surface area contributed by atoms with Crippen molar-refractivity contribution in [3.63, 3.8) is 0 Å². The molecule has 0 unspecified atom stereocenters. The molecule has 2 aromatic carbocycles. The van der Waals surface area contributed by atoms with Crippen LogP contribution in [-0.4, -0.2) is 5.78 Å². The molecule has 90 valence electrons. The van der Waals surface area contributed by atoms with Crippen LogP contribution in [0.5, 0.6) is 0 Å². The van der Waals surface area contributed by atoms with E-state index in [1.54, 1.807) is 13.0 Å². The number of hydrogen-bond acceptors (Lipinski definition) is 1. The third-order valence-electron chi connectivity index (χ3n) is 2.85. The van der Waals surface area contributed by atoms with Gasteiger partial charge in [0, 0.05) is 0 Å². The van der Waals surface area contributed by atoms with Gasteiger partial charge >= 0.3 is 0 Å². The van der Waals surface area contributed by atoms with E-state index < -0.39 is 0 Å². The Kier molecular flexibility index (Phi) is 3.73. The molecule has 0 atom stereocenters. The molecule has 0 spiro atoms. The van der Waals surface area contributed by atoms with Gasteiger partial charge in [-0.05, 0) is 48.2 Å². The van der Waals surface area contributed by atoms with Crippen LogP contribution in [0.25, 0.3) is 17.2 Å². The molecule has 0 aliphatic carbocycles. The van der Waals surface area contributed by atoms with Gasteiger partial charge in [-0.25, -0.2) is 0 Å². The van der Waals surface area contributed by atoms with Gasteiger partial charge < -0.3 is 0 Å². The maximum absolute atomic E-state index is 10.9. The quantitative estimate of drug-likeness (QED) is 0.727. The number of carbonyl (C=O) groups is 1. The molecule has 1 nitrogen and oxygen atoms in total. The molecule has 0 bridgehead atoms. The van der Waals surface area contributed by atoms with Crippen molar-refractivity contribution in [1.82, 2.24) is 0 Å². The van der Waals surface area contributed by atoms with Crippen molar-refractivity contribution in [3.05, 3.63) is 65.7 Å². The summed E-state index contributed by atoms with van der Waals surface area (Å²) in [6.45, 7) is 3.66. The molecular weight excluding hydrogens is 220 g/mol. The second-order valence-corrected chi connectivity index (χ2v) is 4.38. The lowest BCUT2D eigenvalue weighted by atomic mass is 9.99. The first-order valence-corrected chi connectivity index (χ1v) is 6.01.